The first kappa shape index (κ1) is 10.4. The molecule has 82 valence electrons. The van der Waals surface area contributed by atoms with Crippen LogP contribution in [0.3, 0.4) is 0 Å². The largest absolute Gasteiger partial charge is 0.457 e. The first-order chi connectivity index (χ1) is 7.33. The number of carbonyl (C=O) groups excluding carboxylic acids is 1. The number of hydrogen-bond donors (Lipinski definition) is 0. The molecule has 0 amide bonds. The minimum absolute atomic E-state index is 0.428. The average molecular weight is 207 g/mol. The van der Waals surface area contributed by atoms with Crippen LogP contribution >= 0.6 is 0 Å². The van der Waals surface area contributed by atoms with E-state index >= 15 is 0 Å². The molecule has 0 bridgehead atoms. The average Bonchev–Trinajstić information content (AvgIpc) is 2.99. The highest BCUT2D eigenvalue weighted by molar-refractivity contribution is 5.70. The molecule has 0 unspecified atom stereocenters. The number of rotatable bonds is 6. The van der Waals surface area contributed by atoms with Gasteiger partial charge < -0.3 is 4.42 Å². The molecule has 1 aliphatic carbocycles. The lowest BCUT2D eigenvalue weighted by atomic mass is 10.3. The van der Waals surface area contributed by atoms with Gasteiger partial charge in [0.15, 0.2) is 12.0 Å². The molecule has 1 saturated carbocycles. The van der Waals surface area contributed by atoms with E-state index in [9.17, 15) is 4.79 Å². The third-order valence-corrected chi connectivity index (χ3v) is 2.73. The van der Waals surface area contributed by atoms with Crippen LogP contribution in [-0.2, 0) is 6.54 Å². The van der Waals surface area contributed by atoms with E-state index < -0.39 is 0 Å². The number of carbonyl (C=O) groups is 1. The van der Waals surface area contributed by atoms with Crippen molar-refractivity contribution < 1.29 is 9.21 Å². The molecule has 0 atom stereocenters. The molecule has 0 radical (unpaired) electrons. The highest BCUT2D eigenvalue weighted by Gasteiger charge is 2.28. The van der Waals surface area contributed by atoms with Crippen molar-refractivity contribution in [1.82, 2.24) is 4.90 Å². The molecule has 15 heavy (non-hydrogen) atoms. The van der Waals surface area contributed by atoms with Gasteiger partial charge >= 0.3 is 0 Å². The monoisotopic (exact) mass is 207 g/mol. The van der Waals surface area contributed by atoms with Crippen molar-refractivity contribution >= 4 is 6.29 Å². The van der Waals surface area contributed by atoms with Crippen molar-refractivity contribution in [2.75, 3.05) is 6.54 Å². The van der Waals surface area contributed by atoms with Crippen LogP contribution in [0.5, 0.6) is 0 Å². The van der Waals surface area contributed by atoms with Gasteiger partial charge in [-0.3, -0.25) is 9.69 Å². The predicted octanol–water partition coefficient (Wildman–Crippen LogP) is 2.47. The summed E-state index contributed by atoms with van der Waals surface area (Å²) < 4.78 is 5.38. The second-order valence-corrected chi connectivity index (χ2v) is 4.12. The summed E-state index contributed by atoms with van der Waals surface area (Å²) in [6, 6.07) is 4.38. The smallest absolute Gasteiger partial charge is 0.185 e. The van der Waals surface area contributed by atoms with Gasteiger partial charge in [-0.1, -0.05) is 6.92 Å². The predicted molar refractivity (Wildman–Crippen MR) is 57.8 cm³/mol. The molecule has 1 fully saturated rings. The van der Waals surface area contributed by atoms with Crippen molar-refractivity contribution in [2.24, 2.45) is 0 Å². The van der Waals surface area contributed by atoms with Gasteiger partial charge in [-0.25, -0.2) is 0 Å². The second kappa shape index (κ2) is 4.62. The number of nitrogens with zero attached hydrogens (tertiary/aromatic N) is 1. The minimum Gasteiger partial charge on any atom is -0.457 e. The van der Waals surface area contributed by atoms with E-state index in [1.807, 2.05) is 6.07 Å². The lowest BCUT2D eigenvalue weighted by Gasteiger charge is -2.19. The van der Waals surface area contributed by atoms with Crippen LogP contribution in [-0.4, -0.2) is 23.8 Å². The maximum atomic E-state index is 10.5. The molecule has 3 heteroatoms. The molecular formula is C12H17NO2. The fourth-order valence-electron chi connectivity index (χ4n) is 1.86. The highest BCUT2D eigenvalue weighted by atomic mass is 16.3. The molecule has 1 aromatic heterocycles. The number of hydrogen-bond acceptors (Lipinski definition) is 3. The van der Waals surface area contributed by atoms with Crippen LogP contribution in [0.1, 0.15) is 42.5 Å². The van der Waals surface area contributed by atoms with E-state index in [4.69, 9.17) is 4.42 Å². The third kappa shape index (κ3) is 2.69. The van der Waals surface area contributed by atoms with Crippen molar-refractivity contribution in [3.8, 4) is 0 Å². The standard InChI is InChI=1S/C12H17NO2/c1-2-7-13(10-3-4-10)8-11-5-6-12(9-14)15-11/h5-6,9-10H,2-4,7-8H2,1H3. The van der Waals surface area contributed by atoms with Gasteiger partial charge in [0.2, 0.25) is 0 Å². The van der Waals surface area contributed by atoms with Crippen LogP contribution in [0.25, 0.3) is 0 Å². The van der Waals surface area contributed by atoms with Crippen molar-refractivity contribution in [1.29, 1.82) is 0 Å². The van der Waals surface area contributed by atoms with Gasteiger partial charge in [0, 0.05) is 6.04 Å². The van der Waals surface area contributed by atoms with Gasteiger partial charge in [0.1, 0.15) is 5.76 Å². The number of furan rings is 1. The summed E-state index contributed by atoms with van der Waals surface area (Å²) in [6.45, 7) is 4.14. The molecule has 0 aliphatic heterocycles. The van der Waals surface area contributed by atoms with E-state index in [0.29, 0.717) is 5.76 Å². The van der Waals surface area contributed by atoms with Crippen LogP contribution < -0.4 is 0 Å². The Labute approximate surface area is 90.1 Å². The summed E-state index contributed by atoms with van der Waals surface area (Å²) in [5, 5.41) is 0. The van der Waals surface area contributed by atoms with Crippen molar-refractivity contribution in [3.05, 3.63) is 23.7 Å². The van der Waals surface area contributed by atoms with Gasteiger partial charge in [0.05, 0.1) is 6.54 Å². The van der Waals surface area contributed by atoms with Crippen LogP contribution in [0.15, 0.2) is 16.5 Å². The summed E-state index contributed by atoms with van der Waals surface area (Å²) in [6.07, 6.45) is 4.53. The van der Waals surface area contributed by atoms with Gasteiger partial charge in [-0.15, -0.1) is 0 Å². The number of aldehydes is 1. The molecule has 1 heterocycles. The van der Waals surface area contributed by atoms with E-state index in [0.717, 1.165) is 37.6 Å². The quantitative estimate of drug-likeness (QED) is 0.672. The Morgan fingerprint density at radius 1 is 1.53 bits per heavy atom. The highest BCUT2D eigenvalue weighted by Crippen LogP contribution is 2.28. The Morgan fingerprint density at radius 3 is 2.87 bits per heavy atom. The van der Waals surface area contributed by atoms with Gasteiger partial charge in [-0.05, 0) is 37.9 Å². The minimum atomic E-state index is 0.428. The van der Waals surface area contributed by atoms with Gasteiger partial charge in [-0.2, -0.15) is 0 Å². The summed E-state index contributed by atoms with van der Waals surface area (Å²) >= 11 is 0. The maximum Gasteiger partial charge on any atom is 0.185 e. The second-order valence-electron chi connectivity index (χ2n) is 4.12. The van der Waals surface area contributed by atoms with E-state index in [2.05, 4.69) is 11.8 Å². The molecule has 0 N–H and O–H groups in total. The Bertz CT molecular complexity index is 328. The lowest BCUT2D eigenvalue weighted by Crippen LogP contribution is -2.26. The fourth-order valence-corrected chi connectivity index (χ4v) is 1.86. The molecule has 1 aliphatic rings. The van der Waals surface area contributed by atoms with Crippen molar-refractivity contribution in [3.63, 3.8) is 0 Å². The van der Waals surface area contributed by atoms with Crippen LogP contribution in [0.2, 0.25) is 0 Å². The third-order valence-electron chi connectivity index (χ3n) is 2.73. The lowest BCUT2D eigenvalue weighted by molar-refractivity contribution is 0.109. The van der Waals surface area contributed by atoms with Crippen LogP contribution in [0.4, 0.5) is 0 Å². The summed E-state index contributed by atoms with van der Waals surface area (Å²) in [5.74, 6) is 1.33. The molecule has 0 saturated heterocycles. The van der Waals surface area contributed by atoms with Crippen molar-refractivity contribution in [2.45, 2.75) is 38.8 Å². The zero-order valence-corrected chi connectivity index (χ0v) is 9.11. The molecule has 0 spiro atoms. The van der Waals surface area contributed by atoms with E-state index in [1.165, 1.54) is 12.8 Å². The zero-order valence-electron chi connectivity index (χ0n) is 9.11. The zero-order chi connectivity index (χ0) is 10.7. The first-order valence-electron chi connectivity index (χ1n) is 5.61. The summed E-state index contributed by atoms with van der Waals surface area (Å²) in [4.78, 5) is 12.9. The normalized spacial score (nSPS) is 15.9. The Hall–Kier alpha value is -1.09. The molecule has 1 aromatic rings. The Balaban J connectivity index is 1.95. The molecule has 3 nitrogen and oxygen atoms in total. The molecular weight excluding hydrogens is 190 g/mol. The van der Waals surface area contributed by atoms with Gasteiger partial charge in [0.25, 0.3) is 0 Å². The maximum absolute atomic E-state index is 10.5. The topological polar surface area (TPSA) is 33.5 Å². The fraction of sp³-hybridized carbons (Fsp3) is 0.583. The van der Waals surface area contributed by atoms with E-state index in [-0.39, 0.29) is 0 Å². The Kier molecular flexibility index (Phi) is 3.21. The van der Waals surface area contributed by atoms with E-state index in [1.54, 1.807) is 6.07 Å². The molecule has 2 rings (SSSR count). The summed E-state index contributed by atoms with van der Waals surface area (Å²) in [5.41, 5.74) is 0. The Morgan fingerprint density at radius 2 is 2.33 bits per heavy atom. The SMILES string of the molecule is CCCN(Cc1ccc(C=O)o1)C1CC1. The summed E-state index contributed by atoms with van der Waals surface area (Å²) in [7, 11) is 0. The first-order valence-corrected chi connectivity index (χ1v) is 5.61. The van der Waals surface area contributed by atoms with Crippen LogP contribution in [0, 0.1) is 0 Å². The molecule has 0 aromatic carbocycles.